The van der Waals surface area contributed by atoms with Crippen LogP contribution in [0.2, 0.25) is 0 Å². The molecular weight excluding hydrogens is 692 g/mol. The molecule has 0 amide bonds. The standard InChI is InChI=1S/C38H50N2O13/c1-17(41)34(53-25-15-36(2,47)24(16-51-25)39(4)5)38(40(6)7)13-19(14-38)52-32-28-22(33(46)37(3,48)35(32)50-9)12-21-27(31(28)45)30(44)26-20(29(21)43)10-18(49-8)11-23(26)42/h10-12,17,19,24-25,32,34-35,41-42,45,47-48H,13-16H2,1-9H3. The van der Waals surface area contributed by atoms with Crippen LogP contribution in [-0.2, 0) is 18.9 Å². The second-order valence-electron chi connectivity index (χ2n) is 15.7. The Morgan fingerprint density at radius 2 is 1.55 bits per heavy atom. The Morgan fingerprint density at radius 3 is 2.09 bits per heavy atom. The number of aromatic hydroxyl groups is 2. The van der Waals surface area contributed by atoms with Gasteiger partial charge in [-0.3, -0.25) is 14.4 Å². The largest absolute Gasteiger partial charge is 0.507 e. The summed E-state index contributed by atoms with van der Waals surface area (Å²) in [5.74, 6) is -3.53. The first kappa shape index (κ1) is 39.2. The number of phenolic OH excluding ortho intramolecular Hbond substituents is 2. The van der Waals surface area contributed by atoms with Crippen LogP contribution in [-0.4, -0.2) is 155 Å². The number of phenols is 2. The number of ether oxygens (including phenoxy) is 5. The van der Waals surface area contributed by atoms with E-state index in [0.29, 0.717) is 0 Å². The van der Waals surface area contributed by atoms with Crippen molar-refractivity contribution in [1.82, 2.24) is 9.80 Å². The molecule has 0 spiro atoms. The molecule has 2 fully saturated rings. The maximum absolute atomic E-state index is 13.9. The molecule has 8 unspecified atom stereocenters. The van der Waals surface area contributed by atoms with E-state index in [9.17, 15) is 39.9 Å². The topological polar surface area (TPSA) is 205 Å². The Morgan fingerprint density at radius 1 is 0.906 bits per heavy atom. The second-order valence-corrected chi connectivity index (χ2v) is 15.7. The molecule has 3 aliphatic carbocycles. The fraction of sp³-hybridized carbons (Fsp3) is 0.605. The van der Waals surface area contributed by atoms with Gasteiger partial charge in [-0.05, 0) is 73.9 Å². The zero-order valence-corrected chi connectivity index (χ0v) is 31.5. The van der Waals surface area contributed by atoms with E-state index in [1.165, 1.54) is 39.3 Å². The number of hydrogen-bond donors (Lipinski definition) is 5. The summed E-state index contributed by atoms with van der Waals surface area (Å²) in [5, 5.41) is 56.4. The first-order valence-electron chi connectivity index (χ1n) is 17.6. The normalized spacial score (nSPS) is 33.6. The molecule has 2 aromatic carbocycles. The van der Waals surface area contributed by atoms with E-state index in [1.54, 1.807) is 13.8 Å². The van der Waals surface area contributed by atoms with Crippen molar-refractivity contribution in [1.29, 1.82) is 0 Å². The Kier molecular flexibility index (Phi) is 10.1. The van der Waals surface area contributed by atoms with Gasteiger partial charge in [-0.2, -0.15) is 0 Å². The fourth-order valence-corrected chi connectivity index (χ4v) is 8.76. The number of carbonyl (C=O) groups is 3. The molecule has 15 nitrogen and oxygen atoms in total. The maximum Gasteiger partial charge on any atom is 0.201 e. The number of fused-ring (bicyclic) bond motifs is 3. The number of aliphatic hydroxyl groups excluding tert-OH is 1. The second kappa shape index (κ2) is 13.7. The highest BCUT2D eigenvalue weighted by Gasteiger charge is 2.59. The summed E-state index contributed by atoms with van der Waals surface area (Å²) in [6.45, 7) is 4.81. The number of hydrogen-bond acceptors (Lipinski definition) is 15. The van der Waals surface area contributed by atoms with Gasteiger partial charge in [-0.25, -0.2) is 0 Å². The van der Waals surface area contributed by atoms with E-state index >= 15 is 0 Å². The average molecular weight is 743 g/mol. The Balaban J connectivity index is 1.34. The molecule has 15 heteroatoms. The fourth-order valence-electron chi connectivity index (χ4n) is 8.76. The highest BCUT2D eigenvalue weighted by atomic mass is 16.7. The monoisotopic (exact) mass is 742 g/mol. The molecule has 1 heterocycles. The van der Waals surface area contributed by atoms with E-state index in [0.717, 1.165) is 0 Å². The van der Waals surface area contributed by atoms with Crippen LogP contribution >= 0.6 is 0 Å². The minimum atomic E-state index is -2.18. The van der Waals surface area contributed by atoms with E-state index in [1.807, 2.05) is 38.0 Å². The SMILES string of the molecule is COc1cc(O)c2c(c1)C(=O)c1cc3c(c(O)c1C2=O)C(OC1CC(C(OC2CC(C)(O)C(N(C)C)CO2)C(C)O)(N(C)C)C1)C(OC)C(C)(O)C3=O. The van der Waals surface area contributed by atoms with Gasteiger partial charge in [0.1, 0.15) is 35.6 Å². The molecule has 8 atom stereocenters. The number of nitrogens with zero attached hydrogens (tertiary/aromatic N) is 2. The predicted octanol–water partition coefficient (Wildman–Crippen LogP) is 1.56. The zero-order valence-electron chi connectivity index (χ0n) is 31.5. The molecule has 1 aliphatic heterocycles. The van der Waals surface area contributed by atoms with E-state index in [4.69, 9.17) is 23.7 Å². The van der Waals surface area contributed by atoms with Crippen LogP contribution in [0.25, 0.3) is 0 Å². The maximum atomic E-state index is 13.9. The average Bonchev–Trinajstić information content (AvgIpc) is 3.04. The summed E-state index contributed by atoms with van der Waals surface area (Å²) in [4.78, 5) is 45.3. The lowest BCUT2D eigenvalue weighted by Gasteiger charge is -2.58. The number of likely N-dealkylation sites (N-methyl/N-ethyl adjacent to an activating group) is 2. The number of ketones is 3. The van der Waals surface area contributed by atoms with Crippen molar-refractivity contribution >= 4 is 17.3 Å². The van der Waals surface area contributed by atoms with Crippen molar-refractivity contribution in [3.05, 3.63) is 51.6 Å². The molecule has 290 valence electrons. The van der Waals surface area contributed by atoms with Crippen molar-refractivity contribution in [2.75, 3.05) is 49.0 Å². The third-order valence-corrected chi connectivity index (χ3v) is 11.7. The van der Waals surface area contributed by atoms with Gasteiger partial charge in [0.05, 0.1) is 54.2 Å². The zero-order chi connectivity index (χ0) is 39.1. The quantitative estimate of drug-likeness (QED) is 0.200. The molecule has 6 rings (SSSR count). The summed E-state index contributed by atoms with van der Waals surface area (Å²) in [5.41, 5.74) is -5.64. The summed E-state index contributed by atoms with van der Waals surface area (Å²) < 4.78 is 29.9. The molecular formula is C38H50N2O13. The highest BCUT2D eigenvalue weighted by Crippen LogP contribution is 2.52. The first-order chi connectivity index (χ1) is 24.7. The van der Waals surface area contributed by atoms with E-state index in [2.05, 4.69) is 0 Å². The number of Topliss-reactive ketones (excluding diaryl/α,β-unsaturated/α-hetero) is 1. The lowest BCUT2D eigenvalue weighted by atomic mass is 9.67. The van der Waals surface area contributed by atoms with Crippen molar-refractivity contribution in [2.45, 2.75) is 99.6 Å². The summed E-state index contributed by atoms with van der Waals surface area (Å²) in [7, 11) is 10.0. The molecule has 53 heavy (non-hydrogen) atoms. The molecule has 0 bridgehead atoms. The third kappa shape index (κ3) is 6.15. The van der Waals surface area contributed by atoms with Crippen LogP contribution in [0.4, 0.5) is 0 Å². The molecule has 0 radical (unpaired) electrons. The lowest BCUT2D eigenvalue weighted by Crippen LogP contribution is -2.69. The third-order valence-electron chi connectivity index (χ3n) is 11.7. The molecule has 4 aliphatic rings. The van der Waals surface area contributed by atoms with Crippen LogP contribution in [0.3, 0.4) is 0 Å². The van der Waals surface area contributed by atoms with Crippen molar-refractivity contribution in [2.24, 2.45) is 0 Å². The van der Waals surface area contributed by atoms with Crippen LogP contribution in [0.15, 0.2) is 18.2 Å². The van der Waals surface area contributed by atoms with Gasteiger partial charge in [0.2, 0.25) is 5.78 Å². The predicted molar refractivity (Wildman–Crippen MR) is 188 cm³/mol. The molecule has 1 saturated heterocycles. The van der Waals surface area contributed by atoms with Crippen molar-refractivity contribution < 1.29 is 63.6 Å². The smallest absolute Gasteiger partial charge is 0.201 e. The number of rotatable bonds is 10. The van der Waals surface area contributed by atoms with E-state index < -0.39 is 88.0 Å². The molecule has 2 aromatic rings. The molecule has 5 N–H and O–H groups in total. The molecule has 1 saturated carbocycles. The van der Waals surface area contributed by atoms with Gasteiger partial charge < -0.3 is 59.0 Å². The van der Waals surface area contributed by atoms with Crippen LogP contribution in [0.5, 0.6) is 17.2 Å². The summed E-state index contributed by atoms with van der Waals surface area (Å²) in [6.07, 6.45) is -5.11. The molecule has 0 aromatic heterocycles. The Bertz CT molecular complexity index is 1810. The number of aliphatic hydroxyl groups is 3. The highest BCUT2D eigenvalue weighted by molar-refractivity contribution is 6.31. The van der Waals surface area contributed by atoms with Gasteiger partial charge in [0.15, 0.2) is 23.5 Å². The number of carbonyl (C=O) groups excluding carboxylic acids is 3. The minimum absolute atomic E-state index is 0.122. The van der Waals surface area contributed by atoms with Gasteiger partial charge >= 0.3 is 0 Å². The van der Waals surface area contributed by atoms with Gasteiger partial charge in [0, 0.05) is 41.9 Å². The van der Waals surface area contributed by atoms with Crippen molar-refractivity contribution in [3.8, 4) is 17.2 Å². The summed E-state index contributed by atoms with van der Waals surface area (Å²) in [6, 6.07) is 3.39. The van der Waals surface area contributed by atoms with Crippen LogP contribution < -0.4 is 4.74 Å². The van der Waals surface area contributed by atoms with Crippen LogP contribution in [0, 0.1) is 0 Å². The number of methoxy groups -OCH3 is 2. The minimum Gasteiger partial charge on any atom is -0.507 e. The van der Waals surface area contributed by atoms with Crippen LogP contribution in [0.1, 0.15) is 93.9 Å². The Hall–Kier alpha value is -3.51. The van der Waals surface area contributed by atoms with Crippen molar-refractivity contribution in [3.63, 3.8) is 0 Å². The Labute approximate surface area is 307 Å². The van der Waals surface area contributed by atoms with Gasteiger partial charge in [0.25, 0.3) is 0 Å². The lowest BCUT2D eigenvalue weighted by molar-refractivity contribution is -0.288. The van der Waals surface area contributed by atoms with Gasteiger partial charge in [-0.15, -0.1) is 0 Å². The van der Waals surface area contributed by atoms with E-state index in [-0.39, 0.29) is 65.5 Å². The summed E-state index contributed by atoms with van der Waals surface area (Å²) >= 11 is 0. The van der Waals surface area contributed by atoms with Gasteiger partial charge in [-0.1, -0.05) is 0 Å². The number of benzene rings is 2. The first-order valence-corrected chi connectivity index (χ1v) is 17.6.